The predicted octanol–water partition coefficient (Wildman–Crippen LogP) is 2.16. The Balaban J connectivity index is 1.50. The van der Waals surface area contributed by atoms with Crippen LogP contribution >= 0.6 is 11.3 Å². The molecule has 1 aromatic carbocycles. The second-order valence-electron chi connectivity index (χ2n) is 6.11. The average Bonchev–Trinajstić information content (AvgIpc) is 3.26. The number of amides is 1. The molecule has 1 saturated heterocycles. The third-order valence-electron chi connectivity index (χ3n) is 4.47. The van der Waals surface area contributed by atoms with E-state index in [0.717, 1.165) is 10.1 Å². The van der Waals surface area contributed by atoms with Gasteiger partial charge in [0, 0.05) is 30.9 Å². The molecule has 9 heteroatoms. The van der Waals surface area contributed by atoms with E-state index in [1.807, 2.05) is 30.3 Å². The molecule has 3 aromatic rings. The van der Waals surface area contributed by atoms with Crippen LogP contribution in [-0.2, 0) is 10.0 Å². The van der Waals surface area contributed by atoms with E-state index in [9.17, 15) is 13.2 Å². The molecule has 0 unspecified atom stereocenters. The van der Waals surface area contributed by atoms with Crippen molar-refractivity contribution in [3.8, 4) is 0 Å². The summed E-state index contributed by atoms with van der Waals surface area (Å²) in [7, 11) is -3.60. The number of thiophene rings is 1. The van der Waals surface area contributed by atoms with Crippen molar-refractivity contribution in [3.63, 3.8) is 0 Å². The van der Waals surface area contributed by atoms with E-state index >= 15 is 0 Å². The Morgan fingerprint density at radius 1 is 1.15 bits per heavy atom. The number of benzene rings is 1. The number of H-pyrrole nitrogens is 1. The van der Waals surface area contributed by atoms with Crippen molar-refractivity contribution in [2.75, 3.05) is 26.2 Å². The molecular weight excluding hydrogens is 372 g/mol. The molecule has 136 valence electrons. The second kappa shape index (κ2) is 6.82. The normalized spacial score (nSPS) is 16.7. The Hall–Kier alpha value is -2.23. The summed E-state index contributed by atoms with van der Waals surface area (Å²) >= 11 is 1.47. The second-order valence-corrected chi connectivity index (χ2v) is 9.10. The molecule has 1 N–H and O–H groups in total. The van der Waals surface area contributed by atoms with Crippen molar-refractivity contribution in [2.45, 2.75) is 11.4 Å². The zero-order chi connectivity index (χ0) is 18.1. The molecule has 0 saturated carbocycles. The molecule has 7 nitrogen and oxygen atoms in total. The SMILES string of the molecule is O=C(c1cc2ccccc2s1)N1CCCN(S(=O)(=O)c2cnc[nH]2)CC1. The average molecular weight is 390 g/mol. The standard InChI is InChI=1S/C17H18N4O3S2/c22-17(15-10-13-4-1-2-5-14(13)25-15)20-6-3-7-21(9-8-20)26(23,24)16-11-18-12-19-16/h1-2,4-5,10-12H,3,6-9H2,(H,18,19). The molecule has 1 fully saturated rings. The summed E-state index contributed by atoms with van der Waals surface area (Å²) in [6.07, 6.45) is 3.26. The highest BCUT2D eigenvalue weighted by atomic mass is 32.2. The van der Waals surface area contributed by atoms with Crippen molar-refractivity contribution in [1.82, 2.24) is 19.2 Å². The smallest absolute Gasteiger partial charge is 0.264 e. The van der Waals surface area contributed by atoms with Crippen LogP contribution in [0.25, 0.3) is 10.1 Å². The van der Waals surface area contributed by atoms with E-state index in [2.05, 4.69) is 9.97 Å². The van der Waals surface area contributed by atoms with Gasteiger partial charge in [0.15, 0.2) is 5.03 Å². The number of nitrogens with zero attached hydrogens (tertiary/aromatic N) is 3. The fraction of sp³-hybridized carbons (Fsp3) is 0.294. The van der Waals surface area contributed by atoms with E-state index in [4.69, 9.17) is 0 Å². The lowest BCUT2D eigenvalue weighted by atomic mass is 10.2. The summed E-state index contributed by atoms with van der Waals surface area (Å²) in [5.41, 5.74) is 0. The van der Waals surface area contributed by atoms with Crippen molar-refractivity contribution >= 4 is 37.4 Å². The summed E-state index contributed by atoms with van der Waals surface area (Å²) < 4.78 is 27.7. The molecule has 0 atom stereocenters. The highest BCUT2D eigenvalue weighted by Gasteiger charge is 2.29. The third kappa shape index (κ3) is 3.13. The summed E-state index contributed by atoms with van der Waals surface area (Å²) in [4.78, 5) is 21.7. The Morgan fingerprint density at radius 3 is 2.77 bits per heavy atom. The molecule has 1 aliphatic rings. The maximum atomic E-state index is 12.9. The van der Waals surface area contributed by atoms with E-state index in [1.54, 1.807) is 4.90 Å². The predicted molar refractivity (Wildman–Crippen MR) is 99.7 cm³/mol. The van der Waals surface area contributed by atoms with E-state index in [-0.39, 0.29) is 17.5 Å². The number of carbonyl (C=O) groups is 1. The summed E-state index contributed by atoms with van der Waals surface area (Å²) in [5.74, 6) is -0.0352. The summed E-state index contributed by atoms with van der Waals surface area (Å²) in [5, 5.41) is 1.14. The topological polar surface area (TPSA) is 86.4 Å². The number of nitrogens with one attached hydrogen (secondary N) is 1. The Morgan fingerprint density at radius 2 is 2.00 bits per heavy atom. The first kappa shape index (κ1) is 17.2. The number of carbonyl (C=O) groups excluding carboxylic acids is 1. The first-order valence-corrected chi connectivity index (χ1v) is 10.6. The number of fused-ring (bicyclic) bond motifs is 1. The van der Waals surface area contributed by atoms with Crippen molar-refractivity contribution in [3.05, 3.63) is 47.7 Å². The summed E-state index contributed by atoms with van der Waals surface area (Å²) in [6.45, 7) is 1.58. The van der Waals surface area contributed by atoms with E-state index < -0.39 is 10.0 Å². The number of hydrogen-bond donors (Lipinski definition) is 1. The van der Waals surface area contributed by atoms with Crippen LogP contribution in [0.1, 0.15) is 16.1 Å². The molecular formula is C17H18N4O3S2. The first-order valence-electron chi connectivity index (χ1n) is 8.32. The molecule has 4 rings (SSSR count). The van der Waals surface area contributed by atoms with Gasteiger partial charge in [0.2, 0.25) is 0 Å². The molecule has 1 aliphatic heterocycles. The van der Waals surface area contributed by atoms with Crippen LogP contribution in [0, 0.1) is 0 Å². The zero-order valence-electron chi connectivity index (χ0n) is 14.0. The monoisotopic (exact) mass is 390 g/mol. The van der Waals surface area contributed by atoms with Crippen LogP contribution in [0.4, 0.5) is 0 Å². The maximum Gasteiger partial charge on any atom is 0.264 e. The van der Waals surface area contributed by atoms with Gasteiger partial charge in [-0.1, -0.05) is 18.2 Å². The minimum atomic E-state index is -3.60. The largest absolute Gasteiger partial charge is 0.337 e. The zero-order valence-corrected chi connectivity index (χ0v) is 15.6. The minimum Gasteiger partial charge on any atom is -0.337 e. The van der Waals surface area contributed by atoms with Gasteiger partial charge in [-0.2, -0.15) is 4.31 Å². The van der Waals surface area contributed by atoms with Gasteiger partial charge in [0.25, 0.3) is 15.9 Å². The van der Waals surface area contributed by atoms with Crippen LogP contribution in [0.15, 0.2) is 47.9 Å². The van der Waals surface area contributed by atoms with Crippen LogP contribution < -0.4 is 0 Å². The lowest BCUT2D eigenvalue weighted by Crippen LogP contribution is -2.37. The van der Waals surface area contributed by atoms with E-state index in [1.165, 1.54) is 28.2 Å². The van der Waals surface area contributed by atoms with Crippen LogP contribution in [-0.4, -0.2) is 59.7 Å². The number of aromatic amines is 1. The van der Waals surface area contributed by atoms with Crippen LogP contribution in [0.3, 0.4) is 0 Å². The van der Waals surface area contributed by atoms with Crippen molar-refractivity contribution in [2.24, 2.45) is 0 Å². The Kier molecular flexibility index (Phi) is 4.51. The molecule has 2 aromatic heterocycles. The van der Waals surface area contributed by atoms with Gasteiger partial charge < -0.3 is 9.88 Å². The molecule has 0 aliphatic carbocycles. The van der Waals surface area contributed by atoms with Gasteiger partial charge in [0.1, 0.15) is 0 Å². The fourth-order valence-corrected chi connectivity index (χ4v) is 5.50. The molecule has 3 heterocycles. The minimum absolute atomic E-state index is 0.0352. The highest BCUT2D eigenvalue weighted by molar-refractivity contribution is 7.89. The van der Waals surface area contributed by atoms with Gasteiger partial charge >= 0.3 is 0 Å². The molecule has 0 radical (unpaired) electrons. The quantitative estimate of drug-likeness (QED) is 0.743. The first-order chi connectivity index (χ1) is 12.6. The number of rotatable bonds is 3. The fourth-order valence-electron chi connectivity index (χ4n) is 3.10. The van der Waals surface area contributed by atoms with Gasteiger partial charge in [-0.3, -0.25) is 4.79 Å². The number of hydrogen-bond acceptors (Lipinski definition) is 5. The molecule has 1 amide bonds. The maximum absolute atomic E-state index is 12.9. The van der Waals surface area contributed by atoms with Gasteiger partial charge in [-0.25, -0.2) is 13.4 Å². The number of imidazole rings is 1. The van der Waals surface area contributed by atoms with Gasteiger partial charge in [-0.05, 0) is 23.9 Å². The Labute approximate surface area is 155 Å². The highest BCUT2D eigenvalue weighted by Crippen LogP contribution is 2.27. The van der Waals surface area contributed by atoms with Gasteiger partial charge in [-0.15, -0.1) is 11.3 Å². The molecule has 0 bridgehead atoms. The Bertz CT molecular complexity index is 994. The molecule has 26 heavy (non-hydrogen) atoms. The number of sulfonamides is 1. The lowest BCUT2D eigenvalue weighted by Gasteiger charge is -2.21. The molecule has 0 spiro atoms. The van der Waals surface area contributed by atoms with Gasteiger partial charge in [0.05, 0.1) is 17.4 Å². The van der Waals surface area contributed by atoms with E-state index in [0.29, 0.717) is 30.9 Å². The lowest BCUT2D eigenvalue weighted by molar-refractivity contribution is 0.0769. The van der Waals surface area contributed by atoms with Crippen molar-refractivity contribution in [1.29, 1.82) is 0 Å². The van der Waals surface area contributed by atoms with Crippen LogP contribution in [0.2, 0.25) is 0 Å². The number of aromatic nitrogens is 2. The van der Waals surface area contributed by atoms with Crippen LogP contribution in [0.5, 0.6) is 0 Å². The third-order valence-corrected chi connectivity index (χ3v) is 7.40. The summed E-state index contributed by atoms with van der Waals surface area (Å²) in [6, 6.07) is 9.80. The van der Waals surface area contributed by atoms with Crippen molar-refractivity contribution < 1.29 is 13.2 Å².